The summed E-state index contributed by atoms with van der Waals surface area (Å²) < 4.78 is 1.61. The molecule has 2 unspecified atom stereocenters. The molecule has 1 aromatic heterocycles. The highest BCUT2D eigenvalue weighted by Gasteiger charge is 2.32. The van der Waals surface area contributed by atoms with E-state index in [0.717, 1.165) is 12.8 Å². The minimum absolute atomic E-state index is 0. The average molecular weight is 384 g/mol. The van der Waals surface area contributed by atoms with Gasteiger partial charge in [0.05, 0.1) is 16.4 Å². The first-order valence-electron chi connectivity index (χ1n) is 8.21. The van der Waals surface area contributed by atoms with Gasteiger partial charge in [-0.1, -0.05) is 35.9 Å². The lowest BCUT2D eigenvalue weighted by atomic mass is 9.92. The lowest BCUT2D eigenvalue weighted by Crippen LogP contribution is -2.49. The molecule has 2 atom stereocenters. The summed E-state index contributed by atoms with van der Waals surface area (Å²) in [5.41, 5.74) is 7.63. The molecule has 1 aliphatic heterocycles. The molecule has 3 rings (SSSR count). The molecule has 2 N–H and O–H groups in total. The highest BCUT2D eigenvalue weighted by atomic mass is 35.5. The first kappa shape index (κ1) is 19.7. The molecule has 1 aliphatic rings. The van der Waals surface area contributed by atoms with Crippen molar-refractivity contribution in [1.82, 2.24) is 19.9 Å². The molecule has 136 valence electrons. The van der Waals surface area contributed by atoms with Crippen molar-refractivity contribution in [2.24, 2.45) is 11.7 Å². The van der Waals surface area contributed by atoms with Crippen LogP contribution in [0.2, 0.25) is 5.02 Å². The summed E-state index contributed by atoms with van der Waals surface area (Å²) in [6.45, 7) is 5.21. The van der Waals surface area contributed by atoms with Crippen molar-refractivity contribution in [3.05, 3.63) is 40.7 Å². The van der Waals surface area contributed by atoms with Gasteiger partial charge in [0.15, 0.2) is 5.69 Å². The number of amides is 1. The maximum Gasteiger partial charge on any atom is 0.276 e. The summed E-state index contributed by atoms with van der Waals surface area (Å²) in [7, 11) is 0. The fourth-order valence-electron chi connectivity index (χ4n) is 3.26. The Hall–Kier alpha value is -1.63. The maximum absolute atomic E-state index is 12.9. The van der Waals surface area contributed by atoms with Crippen molar-refractivity contribution in [1.29, 1.82) is 0 Å². The molecule has 6 nitrogen and oxygen atoms in total. The summed E-state index contributed by atoms with van der Waals surface area (Å²) >= 11 is 6.23. The van der Waals surface area contributed by atoms with Crippen LogP contribution in [0.3, 0.4) is 0 Å². The molecule has 25 heavy (non-hydrogen) atoms. The number of nitrogens with zero attached hydrogens (tertiary/aromatic N) is 4. The number of benzene rings is 1. The Morgan fingerprint density at radius 3 is 2.80 bits per heavy atom. The summed E-state index contributed by atoms with van der Waals surface area (Å²) in [6.07, 6.45) is 1.92. The average Bonchev–Trinajstić information content (AvgIpc) is 2.96. The molecule has 1 amide bonds. The highest BCUT2D eigenvalue weighted by molar-refractivity contribution is 6.32. The Kier molecular flexibility index (Phi) is 6.43. The van der Waals surface area contributed by atoms with Crippen LogP contribution >= 0.6 is 24.0 Å². The van der Waals surface area contributed by atoms with E-state index in [-0.39, 0.29) is 24.4 Å². The minimum atomic E-state index is -0.104. The first-order chi connectivity index (χ1) is 11.5. The largest absolute Gasteiger partial charge is 0.333 e. The summed E-state index contributed by atoms with van der Waals surface area (Å²) in [4.78, 5) is 14.8. The van der Waals surface area contributed by atoms with Crippen molar-refractivity contribution in [2.75, 3.05) is 13.1 Å². The normalized spacial score (nSPS) is 20.2. The minimum Gasteiger partial charge on any atom is -0.333 e. The number of nitrogens with two attached hydrogens (primary N) is 1. The summed E-state index contributed by atoms with van der Waals surface area (Å²) in [5, 5.41) is 8.82. The number of carbonyl (C=O) groups excluding carboxylic acids is 1. The van der Waals surface area contributed by atoms with Gasteiger partial charge >= 0.3 is 0 Å². The third-order valence-corrected chi connectivity index (χ3v) is 5.01. The molecule has 1 saturated heterocycles. The van der Waals surface area contributed by atoms with Crippen LogP contribution in [-0.2, 0) is 0 Å². The number of likely N-dealkylation sites (tertiary alicyclic amines) is 1. The van der Waals surface area contributed by atoms with Gasteiger partial charge < -0.3 is 10.6 Å². The number of carbonyl (C=O) groups is 1. The Labute approximate surface area is 158 Å². The van der Waals surface area contributed by atoms with Crippen LogP contribution in [-0.4, -0.2) is 44.9 Å². The van der Waals surface area contributed by atoms with Crippen molar-refractivity contribution < 1.29 is 4.79 Å². The second kappa shape index (κ2) is 8.17. The van der Waals surface area contributed by atoms with Crippen molar-refractivity contribution in [3.8, 4) is 5.69 Å². The molecule has 1 aromatic carbocycles. The molecular formula is C17H23Cl2N5O. The van der Waals surface area contributed by atoms with Crippen LogP contribution in [0.4, 0.5) is 0 Å². The van der Waals surface area contributed by atoms with E-state index in [1.807, 2.05) is 30.0 Å². The van der Waals surface area contributed by atoms with Gasteiger partial charge in [-0.2, -0.15) is 0 Å². The summed E-state index contributed by atoms with van der Waals surface area (Å²) in [5.74, 6) is 0.482. The molecule has 0 spiro atoms. The van der Waals surface area contributed by atoms with Gasteiger partial charge in [0.25, 0.3) is 5.91 Å². The third kappa shape index (κ3) is 3.81. The zero-order chi connectivity index (χ0) is 17.3. The predicted molar refractivity (Wildman–Crippen MR) is 101 cm³/mol. The van der Waals surface area contributed by atoms with Crippen LogP contribution < -0.4 is 5.73 Å². The molecule has 8 heteroatoms. The third-order valence-electron chi connectivity index (χ3n) is 4.69. The molecular weight excluding hydrogens is 361 g/mol. The standard InChI is InChI=1S/C17H22ClN5O.ClH/c1-11-7-8-22(13(9-11)10-19)17(24)16-12(2)23(21-20-16)15-6-4-3-5-14(15)18;/h3-6,11,13H,7-10,19H2,1-2H3;1H. The van der Waals surface area contributed by atoms with Crippen molar-refractivity contribution >= 4 is 29.9 Å². The fourth-order valence-corrected chi connectivity index (χ4v) is 3.47. The zero-order valence-corrected chi connectivity index (χ0v) is 15.9. The van der Waals surface area contributed by atoms with E-state index in [9.17, 15) is 4.79 Å². The molecule has 0 radical (unpaired) electrons. The molecule has 0 aliphatic carbocycles. The van der Waals surface area contributed by atoms with E-state index in [0.29, 0.717) is 41.1 Å². The monoisotopic (exact) mass is 383 g/mol. The van der Waals surface area contributed by atoms with E-state index < -0.39 is 0 Å². The van der Waals surface area contributed by atoms with Gasteiger partial charge in [-0.05, 0) is 37.8 Å². The Morgan fingerprint density at radius 1 is 1.40 bits per heavy atom. The van der Waals surface area contributed by atoms with E-state index in [4.69, 9.17) is 17.3 Å². The van der Waals surface area contributed by atoms with Gasteiger partial charge in [0.1, 0.15) is 0 Å². The van der Waals surface area contributed by atoms with Gasteiger partial charge in [-0.25, -0.2) is 4.68 Å². The second-order valence-electron chi connectivity index (χ2n) is 6.40. The number of halogens is 2. The topological polar surface area (TPSA) is 77.0 Å². The maximum atomic E-state index is 12.9. The fraction of sp³-hybridized carbons (Fsp3) is 0.471. The quantitative estimate of drug-likeness (QED) is 0.883. The van der Waals surface area contributed by atoms with E-state index in [1.165, 1.54) is 0 Å². The summed E-state index contributed by atoms with van der Waals surface area (Å²) in [6, 6.07) is 7.43. The van der Waals surface area contributed by atoms with Crippen molar-refractivity contribution in [2.45, 2.75) is 32.7 Å². The number of hydrogen-bond acceptors (Lipinski definition) is 4. The van der Waals surface area contributed by atoms with Crippen LogP contribution in [0.5, 0.6) is 0 Å². The Balaban J connectivity index is 0.00000225. The number of aromatic nitrogens is 3. The van der Waals surface area contributed by atoms with Crippen LogP contribution in [0.15, 0.2) is 24.3 Å². The van der Waals surface area contributed by atoms with Gasteiger partial charge in [-0.15, -0.1) is 17.5 Å². The SMILES string of the molecule is Cc1c(C(=O)N2CCC(C)CC2CN)nnn1-c1ccccc1Cl.Cl. The Bertz CT molecular complexity index is 748. The molecule has 0 bridgehead atoms. The molecule has 2 heterocycles. The lowest BCUT2D eigenvalue weighted by Gasteiger charge is -2.37. The number of rotatable bonds is 3. The van der Waals surface area contributed by atoms with Gasteiger partial charge in [0.2, 0.25) is 0 Å². The second-order valence-corrected chi connectivity index (χ2v) is 6.81. The lowest BCUT2D eigenvalue weighted by molar-refractivity contribution is 0.0566. The van der Waals surface area contributed by atoms with Crippen molar-refractivity contribution in [3.63, 3.8) is 0 Å². The molecule has 2 aromatic rings. The molecule has 0 saturated carbocycles. The molecule has 1 fully saturated rings. The van der Waals surface area contributed by atoms with Crippen LogP contribution in [0, 0.1) is 12.8 Å². The highest BCUT2D eigenvalue weighted by Crippen LogP contribution is 2.25. The van der Waals surface area contributed by atoms with E-state index >= 15 is 0 Å². The smallest absolute Gasteiger partial charge is 0.276 e. The number of piperidine rings is 1. The van der Waals surface area contributed by atoms with Crippen LogP contribution in [0.1, 0.15) is 35.9 Å². The number of hydrogen-bond donors (Lipinski definition) is 1. The van der Waals surface area contributed by atoms with Gasteiger partial charge in [0, 0.05) is 19.1 Å². The zero-order valence-electron chi connectivity index (χ0n) is 14.4. The Morgan fingerprint density at radius 2 is 2.12 bits per heavy atom. The number of para-hydroxylation sites is 1. The van der Waals surface area contributed by atoms with Gasteiger partial charge in [-0.3, -0.25) is 4.79 Å². The first-order valence-corrected chi connectivity index (χ1v) is 8.59. The van der Waals surface area contributed by atoms with Crippen LogP contribution in [0.25, 0.3) is 5.69 Å². The van der Waals surface area contributed by atoms with E-state index in [1.54, 1.807) is 10.7 Å². The predicted octanol–water partition coefficient (Wildman–Crippen LogP) is 2.85. The van der Waals surface area contributed by atoms with E-state index in [2.05, 4.69) is 17.2 Å².